The second-order valence-electron chi connectivity index (χ2n) is 6.39. The van der Waals surface area contributed by atoms with E-state index in [1.807, 2.05) is 30.3 Å². The van der Waals surface area contributed by atoms with E-state index in [2.05, 4.69) is 5.32 Å². The normalized spacial score (nSPS) is 16.4. The number of hydrogen-bond donors (Lipinski definition) is 1. The molecule has 8 heteroatoms. The Labute approximate surface area is 168 Å². The minimum Gasteiger partial charge on any atom is -0.461 e. The molecule has 1 unspecified atom stereocenters. The highest BCUT2D eigenvalue weighted by atomic mass is 35.5. The van der Waals surface area contributed by atoms with Crippen molar-refractivity contribution in [3.05, 3.63) is 71.3 Å². The number of carbonyl (C=O) groups is 2. The zero-order valence-electron chi connectivity index (χ0n) is 15.1. The Kier molecular flexibility index (Phi) is 7.90. The lowest BCUT2D eigenvalue weighted by Gasteiger charge is -2.33. The Hall–Kier alpha value is -2.51. The van der Waals surface area contributed by atoms with Crippen molar-refractivity contribution >= 4 is 24.3 Å². The molecule has 1 amide bonds. The summed E-state index contributed by atoms with van der Waals surface area (Å²) in [7, 11) is 0. The van der Waals surface area contributed by atoms with Gasteiger partial charge in [0.1, 0.15) is 18.2 Å². The van der Waals surface area contributed by atoms with E-state index in [1.54, 1.807) is 0 Å². The molecule has 5 nitrogen and oxygen atoms in total. The van der Waals surface area contributed by atoms with Crippen molar-refractivity contribution in [2.45, 2.75) is 25.6 Å². The molecule has 0 aromatic heterocycles. The van der Waals surface area contributed by atoms with Gasteiger partial charge >= 0.3 is 5.97 Å². The number of nitrogens with one attached hydrogen (secondary N) is 1. The maximum Gasteiger partial charge on any atom is 0.308 e. The Bertz CT molecular complexity index is 800. The van der Waals surface area contributed by atoms with Crippen molar-refractivity contribution in [1.82, 2.24) is 10.2 Å². The van der Waals surface area contributed by atoms with Crippen molar-refractivity contribution in [3.63, 3.8) is 0 Å². The van der Waals surface area contributed by atoms with Crippen LogP contribution < -0.4 is 5.32 Å². The van der Waals surface area contributed by atoms with Crippen LogP contribution in [0, 0.1) is 11.6 Å². The summed E-state index contributed by atoms with van der Waals surface area (Å²) >= 11 is 0. The highest BCUT2D eigenvalue weighted by Crippen LogP contribution is 2.14. The van der Waals surface area contributed by atoms with E-state index in [9.17, 15) is 18.4 Å². The number of amides is 1. The fourth-order valence-corrected chi connectivity index (χ4v) is 2.99. The van der Waals surface area contributed by atoms with Crippen molar-refractivity contribution in [2.24, 2.45) is 0 Å². The Morgan fingerprint density at radius 2 is 1.79 bits per heavy atom. The van der Waals surface area contributed by atoms with Crippen molar-refractivity contribution in [3.8, 4) is 0 Å². The standard InChI is InChI=1S/C20H20F2N2O3.ClH/c21-16-8-15(9-17(22)10-16)12-24-7-6-23-18(20(24)26)11-19(25)27-13-14-4-2-1-3-5-14;/h1-5,8-10,18,23H,6-7,11-13H2;1H. The van der Waals surface area contributed by atoms with Crippen molar-refractivity contribution in [2.75, 3.05) is 13.1 Å². The van der Waals surface area contributed by atoms with Crippen molar-refractivity contribution in [1.29, 1.82) is 0 Å². The molecule has 1 aliphatic rings. The highest BCUT2D eigenvalue weighted by Gasteiger charge is 2.30. The summed E-state index contributed by atoms with van der Waals surface area (Å²) in [6.07, 6.45) is -0.0975. The van der Waals surface area contributed by atoms with Gasteiger partial charge in [0.15, 0.2) is 0 Å². The lowest BCUT2D eigenvalue weighted by Crippen LogP contribution is -2.55. The molecule has 2 aromatic carbocycles. The molecule has 0 radical (unpaired) electrons. The van der Waals surface area contributed by atoms with Gasteiger partial charge < -0.3 is 15.0 Å². The average molecular weight is 411 g/mol. The molecule has 1 aliphatic heterocycles. The van der Waals surface area contributed by atoms with Crippen LogP contribution in [0.2, 0.25) is 0 Å². The fraction of sp³-hybridized carbons (Fsp3) is 0.300. The van der Waals surface area contributed by atoms with Gasteiger partial charge in [-0.3, -0.25) is 9.59 Å². The van der Waals surface area contributed by atoms with E-state index in [4.69, 9.17) is 4.74 Å². The fourth-order valence-electron chi connectivity index (χ4n) is 2.99. The molecule has 3 rings (SSSR count). The Morgan fingerprint density at radius 1 is 1.11 bits per heavy atom. The molecule has 1 fully saturated rings. The molecule has 0 bridgehead atoms. The van der Waals surface area contributed by atoms with Gasteiger partial charge in [0, 0.05) is 25.7 Å². The van der Waals surface area contributed by atoms with E-state index in [0.29, 0.717) is 18.7 Å². The third kappa shape index (κ3) is 6.00. The number of rotatable bonds is 6. The van der Waals surface area contributed by atoms with E-state index < -0.39 is 23.6 Å². The first kappa shape index (κ1) is 21.8. The molecule has 0 spiro atoms. The summed E-state index contributed by atoms with van der Waals surface area (Å²) in [5.41, 5.74) is 1.23. The van der Waals surface area contributed by atoms with Crippen molar-refractivity contribution < 1.29 is 23.1 Å². The third-order valence-electron chi connectivity index (χ3n) is 4.29. The molecule has 0 saturated carbocycles. The summed E-state index contributed by atoms with van der Waals surface area (Å²) in [4.78, 5) is 26.1. The molecule has 0 aliphatic carbocycles. The maximum absolute atomic E-state index is 13.3. The largest absolute Gasteiger partial charge is 0.461 e. The van der Waals surface area contributed by atoms with Crippen LogP contribution in [0.25, 0.3) is 0 Å². The molecule has 2 aromatic rings. The second-order valence-corrected chi connectivity index (χ2v) is 6.39. The minimum absolute atomic E-state index is 0. The monoisotopic (exact) mass is 410 g/mol. The number of benzene rings is 2. The molecule has 1 N–H and O–H groups in total. The molecule has 1 atom stereocenters. The lowest BCUT2D eigenvalue weighted by atomic mass is 10.1. The van der Waals surface area contributed by atoms with Crippen LogP contribution in [0.3, 0.4) is 0 Å². The second kappa shape index (κ2) is 10.1. The lowest BCUT2D eigenvalue weighted by molar-refractivity contribution is -0.149. The van der Waals surface area contributed by atoms with Gasteiger partial charge in [-0.25, -0.2) is 8.78 Å². The number of piperazine rings is 1. The number of ether oxygens (including phenoxy) is 1. The third-order valence-corrected chi connectivity index (χ3v) is 4.29. The predicted octanol–water partition coefficient (Wildman–Crippen LogP) is 2.82. The van der Waals surface area contributed by atoms with E-state index >= 15 is 0 Å². The first-order valence-corrected chi connectivity index (χ1v) is 8.68. The summed E-state index contributed by atoms with van der Waals surface area (Å²) in [5.74, 6) is -2.15. The van der Waals surface area contributed by atoms with Gasteiger partial charge in [-0.1, -0.05) is 30.3 Å². The van der Waals surface area contributed by atoms with Gasteiger partial charge in [0.05, 0.1) is 12.5 Å². The molecule has 28 heavy (non-hydrogen) atoms. The number of nitrogens with zero attached hydrogens (tertiary/aromatic N) is 1. The summed E-state index contributed by atoms with van der Waals surface area (Å²) in [6, 6.07) is 11.7. The smallest absolute Gasteiger partial charge is 0.308 e. The molecule has 1 heterocycles. The Balaban J connectivity index is 0.00000280. The average Bonchev–Trinajstić information content (AvgIpc) is 2.63. The van der Waals surface area contributed by atoms with Crippen LogP contribution in [-0.2, 0) is 27.5 Å². The number of esters is 1. The molecule has 1 saturated heterocycles. The topological polar surface area (TPSA) is 58.6 Å². The minimum atomic E-state index is -0.708. The molecular weight excluding hydrogens is 390 g/mol. The predicted molar refractivity (Wildman–Crippen MR) is 102 cm³/mol. The zero-order chi connectivity index (χ0) is 19.2. The SMILES string of the molecule is Cl.O=C(CC1NCCN(Cc2cc(F)cc(F)c2)C1=O)OCc1ccccc1. The van der Waals surface area contributed by atoms with Gasteiger partial charge in [0.25, 0.3) is 0 Å². The van der Waals surface area contributed by atoms with E-state index in [1.165, 1.54) is 17.0 Å². The van der Waals surface area contributed by atoms with Crippen LogP contribution >= 0.6 is 12.4 Å². The maximum atomic E-state index is 13.3. The van der Waals surface area contributed by atoms with Crippen LogP contribution in [0.4, 0.5) is 8.78 Å². The van der Waals surface area contributed by atoms with Crippen LogP contribution in [0.15, 0.2) is 48.5 Å². The zero-order valence-corrected chi connectivity index (χ0v) is 15.9. The first-order valence-electron chi connectivity index (χ1n) is 8.68. The van der Waals surface area contributed by atoms with Crippen LogP contribution in [-0.4, -0.2) is 35.9 Å². The number of halogens is 3. The molecule has 150 valence electrons. The van der Waals surface area contributed by atoms with Crippen LogP contribution in [0.1, 0.15) is 17.5 Å². The summed E-state index contributed by atoms with van der Waals surface area (Å²) in [6.45, 7) is 1.12. The summed E-state index contributed by atoms with van der Waals surface area (Å²) in [5, 5.41) is 3.00. The van der Waals surface area contributed by atoms with Gasteiger partial charge in [-0.15, -0.1) is 12.4 Å². The van der Waals surface area contributed by atoms with E-state index in [0.717, 1.165) is 11.6 Å². The van der Waals surface area contributed by atoms with Gasteiger partial charge in [-0.05, 0) is 23.3 Å². The van der Waals surface area contributed by atoms with E-state index in [-0.39, 0.29) is 37.9 Å². The highest BCUT2D eigenvalue weighted by molar-refractivity contribution is 5.87. The van der Waals surface area contributed by atoms with Gasteiger partial charge in [-0.2, -0.15) is 0 Å². The quantitative estimate of drug-likeness (QED) is 0.744. The summed E-state index contributed by atoms with van der Waals surface area (Å²) < 4.78 is 31.9. The van der Waals surface area contributed by atoms with Crippen LogP contribution in [0.5, 0.6) is 0 Å². The van der Waals surface area contributed by atoms with Gasteiger partial charge in [0.2, 0.25) is 5.91 Å². The number of carbonyl (C=O) groups excluding carboxylic acids is 2. The number of hydrogen-bond acceptors (Lipinski definition) is 4. The molecular formula is C20H21ClF2N2O3. The Morgan fingerprint density at radius 3 is 2.46 bits per heavy atom. The first-order chi connectivity index (χ1) is 13.0.